The number of ether oxygens (including phenoxy) is 2. The van der Waals surface area contributed by atoms with Crippen LogP contribution in [0.2, 0.25) is 0 Å². The van der Waals surface area contributed by atoms with Crippen LogP contribution in [0.5, 0.6) is 5.88 Å². The highest BCUT2D eigenvalue weighted by molar-refractivity contribution is 7.92. The fourth-order valence-electron chi connectivity index (χ4n) is 7.73. The van der Waals surface area contributed by atoms with Gasteiger partial charge in [-0.25, -0.2) is 23.0 Å². The number of rotatable bonds is 12. The maximum Gasteiger partial charge on any atom is 0.401 e. The van der Waals surface area contributed by atoms with Crippen molar-refractivity contribution >= 4 is 56.7 Å². The molecule has 4 aromatic rings. The number of morpholine rings is 1. The lowest BCUT2D eigenvalue weighted by atomic mass is 9.93. The number of hydrogen-bond donors (Lipinski definition) is 1. The van der Waals surface area contributed by atoms with Crippen molar-refractivity contribution in [3.63, 3.8) is 0 Å². The Morgan fingerprint density at radius 3 is 2.30 bits per heavy atom. The highest BCUT2D eigenvalue weighted by Gasteiger charge is 2.34. The van der Waals surface area contributed by atoms with Gasteiger partial charge in [0.15, 0.2) is 0 Å². The van der Waals surface area contributed by atoms with E-state index in [0.717, 1.165) is 24.8 Å². The second kappa shape index (κ2) is 16.5. The van der Waals surface area contributed by atoms with E-state index in [2.05, 4.69) is 31.9 Å². The zero-order chi connectivity index (χ0) is 40.5. The van der Waals surface area contributed by atoms with Crippen LogP contribution >= 0.6 is 0 Å². The number of pyridine rings is 2. The number of halogens is 3. The van der Waals surface area contributed by atoms with Gasteiger partial charge in [0.2, 0.25) is 21.9 Å². The highest BCUT2D eigenvalue weighted by atomic mass is 32.2. The number of alkyl halides is 3. The molecular formula is C36H47F3N12O5S. The molecule has 17 nitrogen and oxygen atoms in total. The number of fused-ring (bicyclic) bond motifs is 1. The van der Waals surface area contributed by atoms with Gasteiger partial charge in [0, 0.05) is 58.1 Å². The maximum atomic E-state index is 13.4. The predicted molar refractivity (Wildman–Crippen MR) is 209 cm³/mol. The van der Waals surface area contributed by atoms with Crippen LogP contribution in [0.15, 0.2) is 36.9 Å². The fourth-order valence-corrected chi connectivity index (χ4v) is 8.90. The number of imidazole rings is 1. The van der Waals surface area contributed by atoms with Gasteiger partial charge in [-0.3, -0.25) is 18.9 Å². The molecule has 1 saturated carbocycles. The third-order valence-electron chi connectivity index (χ3n) is 10.6. The number of nitrogens with zero attached hydrogens (tertiary/aromatic N) is 11. The molecule has 3 fully saturated rings. The van der Waals surface area contributed by atoms with Crippen LogP contribution in [-0.4, -0.2) is 138 Å². The first-order valence-corrected chi connectivity index (χ1v) is 20.7. The summed E-state index contributed by atoms with van der Waals surface area (Å²) in [5.41, 5.74) is 2.13. The minimum absolute atomic E-state index is 0.0327. The van der Waals surface area contributed by atoms with Crippen LogP contribution in [0.1, 0.15) is 44.3 Å². The fraction of sp³-hybridized carbons (Fsp3) is 0.556. The molecule has 0 amide bonds. The topological polar surface area (TPSA) is 173 Å². The molecule has 0 spiro atoms. The lowest BCUT2D eigenvalue weighted by Gasteiger charge is -2.36. The molecule has 2 saturated heterocycles. The van der Waals surface area contributed by atoms with Gasteiger partial charge in [-0.05, 0) is 38.7 Å². The van der Waals surface area contributed by atoms with E-state index in [-0.39, 0.29) is 18.1 Å². The van der Waals surface area contributed by atoms with Gasteiger partial charge in [0.1, 0.15) is 23.8 Å². The van der Waals surface area contributed by atoms with Crippen LogP contribution in [0.4, 0.5) is 42.3 Å². The van der Waals surface area contributed by atoms with E-state index in [4.69, 9.17) is 19.4 Å². The first kappa shape index (κ1) is 40.2. The van der Waals surface area contributed by atoms with Crippen molar-refractivity contribution in [1.82, 2.24) is 34.4 Å². The Bertz CT molecular complexity index is 2150. The van der Waals surface area contributed by atoms with Gasteiger partial charge in [-0.1, -0.05) is 4.98 Å². The Morgan fingerprint density at radius 2 is 1.68 bits per heavy atom. The molecule has 6 heterocycles. The molecule has 1 N–H and O–H groups in total. The van der Waals surface area contributed by atoms with Crippen molar-refractivity contribution in [2.45, 2.75) is 57.0 Å². The second-order valence-electron chi connectivity index (χ2n) is 14.7. The minimum Gasteiger partial charge on any atom is -0.741 e. The van der Waals surface area contributed by atoms with E-state index in [1.807, 2.05) is 11.0 Å². The molecule has 308 valence electrons. The lowest BCUT2D eigenvalue weighted by Crippen LogP contribution is -2.49. The van der Waals surface area contributed by atoms with Crippen LogP contribution in [0, 0.1) is 5.21 Å². The zero-order valence-corrected chi connectivity index (χ0v) is 32.9. The summed E-state index contributed by atoms with van der Waals surface area (Å²) in [6.07, 6.45) is 6.02. The van der Waals surface area contributed by atoms with Gasteiger partial charge in [0.25, 0.3) is 0 Å². The lowest BCUT2D eigenvalue weighted by molar-refractivity contribution is -0.362. The maximum absolute atomic E-state index is 13.4. The predicted octanol–water partition coefficient (Wildman–Crippen LogP) is 3.85. The molecular weight excluding hydrogens is 770 g/mol. The smallest absolute Gasteiger partial charge is 0.401 e. The van der Waals surface area contributed by atoms with Crippen LogP contribution in [0.3, 0.4) is 0 Å². The Kier molecular flexibility index (Phi) is 11.6. The van der Waals surface area contributed by atoms with Crippen LogP contribution in [0.25, 0.3) is 10.9 Å². The normalized spacial score (nSPS) is 20.4. The number of anilines is 4. The van der Waals surface area contributed by atoms with E-state index in [1.165, 1.54) is 26.2 Å². The summed E-state index contributed by atoms with van der Waals surface area (Å²) in [7, 11) is -2.25. The highest BCUT2D eigenvalue weighted by Crippen LogP contribution is 2.37. The number of nitrogens with one attached hydrogen (secondary N) is 1. The molecule has 0 aromatic carbocycles. The number of hydrogen-bond acceptors (Lipinski definition) is 14. The standard InChI is InChI=1S/C36H47F3N12O5S/c1-24(31-22-43-35(46(31)2)47(3)52)51(57(4,53)54)26-17-29-30(40-19-26)18-32(50-13-15-55-16-14-50)45-33(29)56-28-7-5-25(6-8-28)44-34-41-20-27(21-42-34)49-11-9-48(10-12-49)23-36(37,38)39/h17-22,24-25,28H,3,5-16,23H2,1-2,4H3,(H,41,42,44)/t24?,25-,28+. The van der Waals surface area contributed by atoms with Crippen molar-refractivity contribution < 1.29 is 35.8 Å². The molecule has 2 aliphatic heterocycles. The third kappa shape index (κ3) is 9.41. The van der Waals surface area contributed by atoms with Gasteiger partial charge >= 0.3 is 12.1 Å². The van der Waals surface area contributed by atoms with Gasteiger partial charge in [-0.2, -0.15) is 18.2 Å². The Hall–Kier alpha value is -5.02. The molecule has 7 rings (SSSR count). The minimum atomic E-state index is -4.21. The summed E-state index contributed by atoms with van der Waals surface area (Å²) in [6, 6.07) is 2.92. The average Bonchev–Trinajstić information content (AvgIpc) is 3.57. The number of aromatic nitrogens is 6. The van der Waals surface area contributed by atoms with Crippen molar-refractivity contribution in [1.29, 1.82) is 0 Å². The van der Waals surface area contributed by atoms with E-state index >= 15 is 0 Å². The summed E-state index contributed by atoms with van der Waals surface area (Å²) in [5.74, 6) is 1.55. The van der Waals surface area contributed by atoms with Crippen LogP contribution < -0.4 is 24.2 Å². The van der Waals surface area contributed by atoms with Crippen LogP contribution in [-0.2, 0) is 21.8 Å². The summed E-state index contributed by atoms with van der Waals surface area (Å²) >= 11 is 0. The molecule has 0 bridgehead atoms. The van der Waals surface area contributed by atoms with Gasteiger partial charge < -0.3 is 29.8 Å². The Labute approximate surface area is 328 Å². The molecule has 1 aliphatic carbocycles. The first-order chi connectivity index (χ1) is 27.1. The molecule has 0 radical (unpaired) electrons. The third-order valence-corrected chi connectivity index (χ3v) is 11.9. The summed E-state index contributed by atoms with van der Waals surface area (Å²) < 4.78 is 80.4. The average molecular weight is 817 g/mol. The first-order valence-electron chi connectivity index (χ1n) is 18.8. The quantitative estimate of drug-likeness (QED) is 0.0946. The molecule has 1 atom stereocenters. The molecule has 1 unspecified atom stereocenters. The van der Waals surface area contributed by atoms with Crippen molar-refractivity contribution in [3.05, 3.63) is 47.8 Å². The Balaban J connectivity index is 1.06. The second-order valence-corrected chi connectivity index (χ2v) is 16.5. The largest absolute Gasteiger partial charge is 0.741 e. The molecule has 21 heteroatoms. The van der Waals surface area contributed by atoms with E-state index in [9.17, 15) is 26.8 Å². The van der Waals surface area contributed by atoms with Crippen molar-refractivity contribution in [2.75, 3.05) is 84.7 Å². The van der Waals surface area contributed by atoms with Gasteiger partial charge in [0.05, 0.1) is 80.0 Å². The number of piperazine rings is 1. The summed E-state index contributed by atoms with van der Waals surface area (Å²) in [4.78, 5) is 28.3. The molecule has 4 aromatic heterocycles. The monoisotopic (exact) mass is 816 g/mol. The van der Waals surface area contributed by atoms with Gasteiger partial charge in [-0.15, -0.1) is 0 Å². The van der Waals surface area contributed by atoms with E-state index < -0.39 is 28.8 Å². The summed E-state index contributed by atoms with van der Waals surface area (Å²) in [5, 5.41) is 15.9. The van der Waals surface area contributed by atoms with Crippen molar-refractivity contribution in [2.24, 2.45) is 7.05 Å². The summed E-state index contributed by atoms with van der Waals surface area (Å²) in [6.45, 7) is 8.15. The van der Waals surface area contributed by atoms with E-state index in [1.54, 1.807) is 32.4 Å². The van der Waals surface area contributed by atoms with E-state index in [0.29, 0.717) is 110 Å². The van der Waals surface area contributed by atoms with Crippen molar-refractivity contribution in [3.8, 4) is 5.88 Å². The number of sulfonamides is 1. The Morgan fingerprint density at radius 1 is 1.00 bits per heavy atom. The zero-order valence-electron chi connectivity index (χ0n) is 32.1. The molecule has 57 heavy (non-hydrogen) atoms. The SMILES string of the molecule is C=[N+]([O-])c1ncc(C(C)N(c2cnc3cc(N4CCOCC4)nc(O[C@H]4CC[C@@H](Nc5ncc(N6CCN(CC(F)(F)F)CC6)cn5)CC4)c3c2)S(C)(=O)=O)n1C. The molecule has 3 aliphatic rings.